The number of ether oxygens (including phenoxy) is 2. The largest absolute Gasteiger partial charge is 0.489 e. The van der Waals surface area contributed by atoms with E-state index in [1.807, 2.05) is 73.7 Å². The highest BCUT2D eigenvalue weighted by Crippen LogP contribution is 2.33. The molecule has 0 amide bonds. The maximum Gasteiger partial charge on any atom is 0.162 e. The van der Waals surface area contributed by atoms with Gasteiger partial charge in [-0.1, -0.05) is 73.7 Å². The van der Waals surface area contributed by atoms with E-state index < -0.39 is 0 Å². The van der Waals surface area contributed by atoms with Crippen LogP contribution in [0.4, 0.5) is 0 Å². The molecule has 0 unspecified atom stereocenters. The number of hydrogen-bond acceptors (Lipinski definition) is 3. The zero-order valence-corrected chi connectivity index (χ0v) is 15.8. The van der Waals surface area contributed by atoms with Crippen molar-refractivity contribution in [1.82, 2.24) is 0 Å². The van der Waals surface area contributed by atoms with Crippen molar-refractivity contribution in [3.8, 4) is 11.5 Å². The summed E-state index contributed by atoms with van der Waals surface area (Å²) in [4.78, 5) is 0. The number of aliphatic hydroxyl groups excluding tert-OH is 1. The maximum atomic E-state index is 9.47. The SMILES string of the molecule is C[C@H](COc1ccc(CO)cc1O[C@H](C)c1ccccc1)c1ccccc1. The van der Waals surface area contributed by atoms with E-state index in [-0.39, 0.29) is 18.6 Å². The third kappa shape index (κ3) is 5.11. The van der Waals surface area contributed by atoms with Gasteiger partial charge in [0.25, 0.3) is 0 Å². The predicted octanol–water partition coefficient (Wildman–Crippen LogP) is 5.50. The van der Waals surface area contributed by atoms with Gasteiger partial charge >= 0.3 is 0 Å². The van der Waals surface area contributed by atoms with Gasteiger partial charge in [-0.15, -0.1) is 0 Å². The highest BCUT2D eigenvalue weighted by atomic mass is 16.5. The Kier molecular flexibility index (Phi) is 6.50. The molecule has 3 rings (SSSR count). The van der Waals surface area contributed by atoms with Crippen molar-refractivity contribution in [2.45, 2.75) is 32.5 Å². The molecule has 3 nitrogen and oxygen atoms in total. The Labute approximate surface area is 161 Å². The lowest BCUT2D eigenvalue weighted by Crippen LogP contribution is -2.09. The Balaban J connectivity index is 1.74. The summed E-state index contributed by atoms with van der Waals surface area (Å²) >= 11 is 0. The van der Waals surface area contributed by atoms with Crippen molar-refractivity contribution in [3.63, 3.8) is 0 Å². The molecule has 0 aromatic heterocycles. The number of hydrogen-bond donors (Lipinski definition) is 1. The second kappa shape index (κ2) is 9.24. The minimum Gasteiger partial charge on any atom is -0.489 e. The normalized spacial score (nSPS) is 13.0. The van der Waals surface area contributed by atoms with Crippen molar-refractivity contribution < 1.29 is 14.6 Å². The molecule has 0 heterocycles. The Bertz CT molecular complexity index is 831. The third-order valence-corrected chi connectivity index (χ3v) is 4.62. The molecule has 0 saturated heterocycles. The average molecular weight is 362 g/mol. The van der Waals surface area contributed by atoms with Crippen LogP contribution in [0.15, 0.2) is 78.9 Å². The van der Waals surface area contributed by atoms with Gasteiger partial charge in [-0.3, -0.25) is 0 Å². The van der Waals surface area contributed by atoms with Crippen LogP contribution >= 0.6 is 0 Å². The van der Waals surface area contributed by atoms with Crippen LogP contribution in [0.2, 0.25) is 0 Å². The molecule has 3 heteroatoms. The van der Waals surface area contributed by atoms with Gasteiger partial charge in [0.1, 0.15) is 6.10 Å². The van der Waals surface area contributed by atoms with Crippen molar-refractivity contribution in [3.05, 3.63) is 95.6 Å². The standard InChI is InChI=1S/C24H26O3/c1-18(21-9-5-3-6-10-21)17-26-23-14-13-20(16-25)15-24(23)27-19(2)22-11-7-4-8-12-22/h3-15,18-19,25H,16-17H2,1-2H3/t18-,19-/m1/s1. The van der Waals surface area contributed by atoms with Gasteiger partial charge in [-0.25, -0.2) is 0 Å². The van der Waals surface area contributed by atoms with Crippen molar-refractivity contribution >= 4 is 0 Å². The monoisotopic (exact) mass is 362 g/mol. The fourth-order valence-corrected chi connectivity index (χ4v) is 2.94. The number of rotatable bonds is 8. The molecule has 2 atom stereocenters. The first-order valence-electron chi connectivity index (χ1n) is 9.30. The van der Waals surface area contributed by atoms with Crippen molar-refractivity contribution in [1.29, 1.82) is 0 Å². The molecule has 0 spiro atoms. The van der Waals surface area contributed by atoms with Gasteiger partial charge in [-0.05, 0) is 35.7 Å². The maximum absolute atomic E-state index is 9.47. The summed E-state index contributed by atoms with van der Waals surface area (Å²) in [6, 6.07) is 26.0. The smallest absolute Gasteiger partial charge is 0.162 e. The minimum absolute atomic E-state index is 0.0310. The van der Waals surface area contributed by atoms with Gasteiger partial charge in [0.2, 0.25) is 0 Å². The first-order chi connectivity index (χ1) is 13.2. The summed E-state index contributed by atoms with van der Waals surface area (Å²) in [6.45, 7) is 4.68. The van der Waals surface area contributed by atoms with Gasteiger partial charge < -0.3 is 14.6 Å². The fourth-order valence-electron chi connectivity index (χ4n) is 2.94. The number of aliphatic hydroxyl groups is 1. The Hall–Kier alpha value is -2.78. The third-order valence-electron chi connectivity index (χ3n) is 4.62. The van der Waals surface area contributed by atoms with Gasteiger partial charge in [0.15, 0.2) is 11.5 Å². The molecule has 0 fully saturated rings. The van der Waals surface area contributed by atoms with E-state index in [1.54, 1.807) is 0 Å². The zero-order chi connectivity index (χ0) is 19.1. The molecular formula is C24H26O3. The second-order valence-corrected chi connectivity index (χ2v) is 6.73. The lowest BCUT2D eigenvalue weighted by atomic mass is 10.0. The van der Waals surface area contributed by atoms with E-state index in [2.05, 4.69) is 19.1 Å². The van der Waals surface area contributed by atoms with Gasteiger partial charge in [-0.2, -0.15) is 0 Å². The van der Waals surface area contributed by atoms with E-state index in [0.29, 0.717) is 18.1 Å². The zero-order valence-electron chi connectivity index (χ0n) is 15.8. The van der Waals surface area contributed by atoms with Crippen LogP contribution in [0.1, 0.15) is 42.6 Å². The molecule has 0 aliphatic rings. The fraction of sp³-hybridized carbons (Fsp3) is 0.250. The van der Waals surface area contributed by atoms with E-state index >= 15 is 0 Å². The van der Waals surface area contributed by atoms with Crippen LogP contribution in [0, 0.1) is 0 Å². The highest BCUT2D eigenvalue weighted by Gasteiger charge is 2.14. The van der Waals surface area contributed by atoms with E-state index in [4.69, 9.17) is 9.47 Å². The predicted molar refractivity (Wildman–Crippen MR) is 108 cm³/mol. The molecule has 1 N–H and O–H groups in total. The van der Waals surface area contributed by atoms with E-state index in [0.717, 1.165) is 11.1 Å². The minimum atomic E-state index is -0.117. The summed E-state index contributed by atoms with van der Waals surface area (Å²) in [5.41, 5.74) is 3.13. The molecule has 27 heavy (non-hydrogen) atoms. The van der Waals surface area contributed by atoms with Crippen LogP contribution in [-0.2, 0) is 6.61 Å². The van der Waals surface area contributed by atoms with Crippen LogP contribution in [-0.4, -0.2) is 11.7 Å². The summed E-state index contributed by atoms with van der Waals surface area (Å²) in [6.07, 6.45) is -0.117. The Morgan fingerprint density at radius 1 is 0.778 bits per heavy atom. The average Bonchev–Trinajstić information content (AvgIpc) is 2.73. The topological polar surface area (TPSA) is 38.7 Å². The molecule has 0 aliphatic carbocycles. The molecule has 0 aliphatic heterocycles. The van der Waals surface area contributed by atoms with Crippen LogP contribution in [0.25, 0.3) is 0 Å². The van der Waals surface area contributed by atoms with Crippen molar-refractivity contribution in [2.75, 3.05) is 6.61 Å². The van der Waals surface area contributed by atoms with Gasteiger partial charge in [0, 0.05) is 5.92 Å². The van der Waals surface area contributed by atoms with Crippen LogP contribution in [0.5, 0.6) is 11.5 Å². The summed E-state index contributed by atoms with van der Waals surface area (Å²) in [5.74, 6) is 1.61. The molecule has 3 aromatic carbocycles. The Morgan fingerprint density at radius 2 is 1.41 bits per heavy atom. The van der Waals surface area contributed by atoms with Crippen LogP contribution in [0.3, 0.4) is 0 Å². The summed E-state index contributed by atoms with van der Waals surface area (Å²) < 4.78 is 12.3. The quantitative estimate of drug-likeness (QED) is 0.575. The Morgan fingerprint density at radius 3 is 2.04 bits per heavy atom. The second-order valence-electron chi connectivity index (χ2n) is 6.73. The van der Waals surface area contributed by atoms with Crippen molar-refractivity contribution in [2.24, 2.45) is 0 Å². The summed E-state index contributed by atoms with van der Waals surface area (Å²) in [7, 11) is 0. The molecular weight excluding hydrogens is 336 g/mol. The molecule has 0 radical (unpaired) electrons. The van der Waals surface area contributed by atoms with E-state index in [1.165, 1.54) is 5.56 Å². The molecule has 0 saturated carbocycles. The molecule has 3 aromatic rings. The first kappa shape index (κ1) is 19.0. The lowest BCUT2D eigenvalue weighted by molar-refractivity contribution is 0.204. The van der Waals surface area contributed by atoms with Gasteiger partial charge in [0.05, 0.1) is 13.2 Å². The summed E-state index contributed by atoms with van der Waals surface area (Å²) in [5, 5.41) is 9.47. The van der Waals surface area contributed by atoms with Crippen LogP contribution < -0.4 is 9.47 Å². The van der Waals surface area contributed by atoms with E-state index in [9.17, 15) is 5.11 Å². The highest BCUT2D eigenvalue weighted by molar-refractivity contribution is 5.43. The lowest BCUT2D eigenvalue weighted by Gasteiger charge is -2.20. The molecule has 0 bridgehead atoms. The first-order valence-corrected chi connectivity index (χ1v) is 9.30. The molecule has 140 valence electrons. The number of benzene rings is 3.